The molecule has 0 bridgehead atoms. The Morgan fingerprint density at radius 2 is 1.84 bits per heavy atom. The summed E-state index contributed by atoms with van der Waals surface area (Å²) in [6.45, 7) is 1.83. The molecule has 5 nitrogen and oxygen atoms in total. The van der Waals surface area contributed by atoms with Gasteiger partial charge in [0.2, 0.25) is 0 Å². The minimum absolute atomic E-state index is 0.105. The largest absolute Gasteiger partial charge is 0.347 e. The van der Waals surface area contributed by atoms with Crippen molar-refractivity contribution in [2.75, 3.05) is 6.26 Å². The summed E-state index contributed by atoms with van der Waals surface area (Å²) in [4.78, 5) is 4.20. The summed E-state index contributed by atoms with van der Waals surface area (Å²) in [6.07, 6.45) is 1.20. The second kappa shape index (κ2) is 4.73. The normalized spacial score (nSPS) is 15.1. The number of benzene rings is 1. The molecule has 8 heteroatoms. The summed E-state index contributed by atoms with van der Waals surface area (Å²) >= 11 is 0. The Balaban J connectivity index is 2.79. The van der Waals surface area contributed by atoms with Crippen molar-refractivity contribution in [1.29, 1.82) is 0 Å². The van der Waals surface area contributed by atoms with Gasteiger partial charge in [-0.25, -0.2) is 9.19 Å². The van der Waals surface area contributed by atoms with E-state index in [1.54, 1.807) is 18.2 Å². The number of aromatic nitrogens is 1. The van der Waals surface area contributed by atoms with Crippen LogP contribution < -0.4 is 0 Å². The van der Waals surface area contributed by atoms with E-state index in [9.17, 15) is 12.6 Å². The van der Waals surface area contributed by atoms with Crippen molar-refractivity contribution in [2.24, 2.45) is 3.77 Å². The Bertz CT molecular complexity index is 869. The predicted molar refractivity (Wildman–Crippen MR) is 76.0 cm³/mol. The Morgan fingerprint density at radius 3 is 2.47 bits per heavy atom. The molecule has 1 heterocycles. The summed E-state index contributed by atoms with van der Waals surface area (Å²) in [6, 6.07) is 8.88. The zero-order chi connectivity index (χ0) is 14.3. The van der Waals surface area contributed by atoms with Crippen LogP contribution >= 0.6 is 10.7 Å². The van der Waals surface area contributed by atoms with Gasteiger partial charge in [-0.05, 0) is 24.6 Å². The first kappa shape index (κ1) is 14.2. The van der Waals surface area contributed by atoms with E-state index in [1.807, 2.05) is 19.1 Å². The summed E-state index contributed by atoms with van der Waals surface area (Å²) < 4.78 is 37.4. The Kier molecular flexibility index (Phi) is 3.55. The highest BCUT2D eigenvalue weighted by Gasteiger charge is 2.15. The van der Waals surface area contributed by atoms with Gasteiger partial charge < -0.3 is 0 Å². The van der Waals surface area contributed by atoms with Gasteiger partial charge in [-0.2, -0.15) is 8.42 Å². The highest BCUT2D eigenvalue weighted by Crippen LogP contribution is 2.21. The number of hydrogen-bond acceptors (Lipinski definition) is 4. The van der Waals surface area contributed by atoms with Crippen molar-refractivity contribution >= 4 is 40.6 Å². The third-order valence-corrected chi connectivity index (χ3v) is 5.86. The first-order valence-corrected chi connectivity index (χ1v) is 9.42. The summed E-state index contributed by atoms with van der Waals surface area (Å²) in [5.74, 6) is 0. The third-order valence-electron chi connectivity index (χ3n) is 2.52. The van der Waals surface area contributed by atoms with Crippen LogP contribution in [-0.4, -0.2) is 23.9 Å². The SMILES string of the molecule is Cc1cc(S(C)(=O)=NS(=O)(=O)Cl)nc2ccccc12. The van der Waals surface area contributed by atoms with E-state index in [1.165, 1.54) is 6.26 Å². The van der Waals surface area contributed by atoms with Gasteiger partial charge in [0, 0.05) is 22.3 Å². The predicted octanol–water partition coefficient (Wildman–Crippen LogP) is 2.48. The monoisotopic (exact) mass is 318 g/mol. The maximum atomic E-state index is 12.3. The first-order chi connectivity index (χ1) is 8.69. The molecule has 2 aromatic rings. The van der Waals surface area contributed by atoms with Gasteiger partial charge in [0.1, 0.15) is 14.8 Å². The Labute approximate surface area is 116 Å². The lowest BCUT2D eigenvalue weighted by atomic mass is 10.1. The number of para-hydroxylation sites is 1. The molecule has 0 aliphatic heterocycles. The molecule has 0 aliphatic carbocycles. The van der Waals surface area contributed by atoms with Crippen LogP contribution in [0.3, 0.4) is 0 Å². The van der Waals surface area contributed by atoms with E-state index in [0.717, 1.165) is 10.9 Å². The number of rotatable bonds is 2. The molecule has 0 amide bonds. The van der Waals surface area contributed by atoms with Gasteiger partial charge in [0.15, 0.2) is 0 Å². The van der Waals surface area contributed by atoms with E-state index in [0.29, 0.717) is 5.52 Å². The smallest absolute Gasteiger partial charge is 0.242 e. The number of aryl methyl sites for hydroxylation is 1. The molecule has 0 aliphatic rings. The fraction of sp³-hybridized carbons (Fsp3) is 0.182. The maximum absolute atomic E-state index is 12.3. The number of halogens is 1. The molecule has 1 unspecified atom stereocenters. The average molecular weight is 319 g/mol. The molecule has 1 aromatic carbocycles. The van der Waals surface area contributed by atoms with Gasteiger partial charge in [-0.1, -0.05) is 22.0 Å². The van der Waals surface area contributed by atoms with E-state index < -0.39 is 19.0 Å². The van der Waals surface area contributed by atoms with Gasteiger partial charge in [-0.15, -0.1) is 0 Å². The van der Waals surface area contributed by atoms with Crippen LogP contribution in [-0.2, 0) is 19.0 Å². The second-order valence-electron chi connectivity index (χ2n) is 4.08. The molecule has 1 aromatic heterocycles. The quantitative estimate of drug-likeness (QED) is 0.797. The van der Waals surface area contributed by atoms with E-state index in [2.05, 4.69) is 8.75 Å². The maximum Gasteiger partial charge on any atom is 0.347 e. The van der Waals surface area contributed by atoms with Crippen molar-refractivity contribution in [3.8, 4) is 0 Å². The van der Waals surface area contributed by atoms with E-state index in [-0.39, 0.29) is 5.03 Å². The zero-order valence-corrected chi connectivity index (χ0v) is 12.6. The molecule has 2 rings (SSSR count). The Morgan fingerprint density at radius 1 is 1.21 bits per heavy atom. The van der Waals surface area contributed by atoms with Gasteiger partial charge in [0.05, 0.1) is 5.52 Å². The molecule has 102 valence electrons. The van der Waals surface area contributed by atoms with Crippen molar-refractivity contribution in [3.63, 3.8) is 0 Å². The van der Waals surface area contributed by atoms with Crippen molar-refractivity contribution in [3.05, 3.63) is 35.9 Å². The first-order valence-electron chi connectivity index (χ1n) is 5.23. The number of pyridine rings is 1. The number of fused-ring (bicyclic) bond motifs is 1. The standard InChI is InChI=1S/C11H11ClN2O3S2/c1-8-7-11(18(2,15)14-19(12,16)17)13-10-6-4-3-5-9(8)10/h3-7H,1-2H3. The lowest BCUT2D eigenvalue weighted by molar-refractivity contribution is 0.611. The van der Waals surface area contributed by atoms with Crippen molar-refractivity contribution < 1.29 is 12.6 Å². The summed E-state index contributed by atoms with van der Waals surface area (Å²) in [5.41, 5.74) is 1.48. The Hall–Kier alpha value is -1.18. The molecule has 0 saturated carbocycles. The van der Waals surface area contributed by atoms with E-state index in [4.69, 9.17) is 10.7 Å². The minimum atomic E-state index is -4.21. The van der Waals surface area contributed by atoms with Crippen LogP contribution in [0.1, 0.15) is 5.56 Å². The summed E-state index contributed by atoms with van der Waals surface area (Å²) in [7, 11) is -2.38. The molecule has 0 N–H and O–H groups in total. The molecule has 1 atom stereocenters. The highest BCUT2D eigenvalue weighted by atomic mass is 35.7. The van der Waals surface area contributed by atoms with E-state index >= 15 is 0 Å². The van der Waals surface area contributed by atoms with Crippen LogP contribution in [0.25, 0.3) is 10.9 Å². The highest BCUT2D eigenvalue weighted by molar-refractivity contribution is 8.17. The molecular weight excluding hydrogens is 308 g/mol. The molecule has 0 spiro atoms. The van der Waals surface area contributed by atoms with Gasteiger partial charge in [0.25, 0.3) is 0 Å². The third kappa shape index (κ3) is 3.23. The lowest BCUT2D eigenvalue weighted by Gasteiger charge is -2.07. The van der Waals surface area contributed by atoms with Crippen LogP contribution in [0.2, 0.25) is 0 Å². The fourth-order valence-corrected chi connectivity index (χ4v) is 5.02. The topological polar surface area (TPSA) is 76.5 Å². The van der Waals surface area contributed by atoms with Crippen LogP contribution in [0.15, 0.2) is 39.1 Å². The van der Waals surface area contributed by atoms with Crippen LogP contribution in [0.5, 0.6) is 0 Å². The molecular formula is C11H11ClN2O3S2. The van der Waals surface area contributed by atoms with Crippen molar-refractivity contribution in [1.82, 2.24) is 4.98 Å². The van der Waals surface area contributed by atoms with Crippen LogP contribution in [0, 0.1) is 6.92 Å². The van der Waals surface area contributed by atoms with Crippen LogP contribution in [0.4, 0.5) is 0 Å². The molecule has 0 radical (unpaired) electrons. The number of hydrogen-bond donors (Lipinski definition) is 0. The number of nitrogens with zero attached hydrogens (tertiary/aromatic N) is 2. The second-order valence-corrected chi connectivity index (χ2v) is 8.70. The van der Waals surface area contributed by atoms with Crippen molar-refractivity contribution in [2.45, 2.75) is 11.9 Å². The van der Waals surface area contributed by atoms with Gasteiger partial charge in [-0.3, -0.25) is 0 Å². The summed E-state index contributed by atoms with van der Waals surface area (Å²) in [5, 5.41) is 1.02. The molecule has 0 fully saturated rings. The van der Waals surface area contributed by atoms with Gasteiger partial charge >= 0.3 is 9.24 Å². The molecule has 0 saturated heterocycles. The minimum Gasteiger partial charge on any atom is -0.242 e. The zero-order valence-electron chi connectivity index (χ0n) is 10.2. The average Bonchev–Trinajstić information content (AvgIpc) is 2.26. The molecule has 19 heavy (non-hydrogen) atoms. The fourth-order valence-electron chi connectivity index (χ4n) is 1.72. The lowest BCUT2D eigenvalue weighted by Crippen LogP contribution is -2.04.